The number of aliphatic hydroxyl groups is 1. The third-order valence-corrected chi connectivity index (χ3v) is 10.7. The molecule has 7 nitrogen and oxygen atoms in total. The fourth-order valence-corrected chi connectivity index (χ4v) is 9.07. The molecule has 0 aromatic carbocycles. The van der Waals surface area contributed by atoms with Gasteiger partial charge in [-0.05, 0) is 98.5 Å². The van der Waals surface area contributed by atoms with Crippen molar-refractivity contribution in [2.24, 2.45) is 28.6 Å². The third kappa shape index (κ3) is 3.32. The van der Waals surface area contributed by atoms with Gasteiger partial charge in [0.25, 0.3) is 0 Å². The van der Waals surface area contributed by atoms with Crippen LogP contribution in [-0.2, 0) is 14.6 Å². The minimum absolute atomic E-state index is 0.0384. The largest absolute Gasteiger partial charge is 0.431 e. The highest BCUT2D eigenvalue weighted by Gasteiger charge is 2.67. The molecule has 1 aromatic heterocycles. The van der Waals surface area contributed by atoms with Gasteiger partial charge in [0, 0.05) is 11.5 Å². The Labute approximate surface area is 189 Å². The molecule has 4 fully saturated rings. The van der Waals surface area contributed by atoms with E-state index in [0.29, 0.717) is 24.7 Å². The van der Waals surface area contributed by atoms with Crippen LogP contribution in [0.15, 0.2) is 27.6 Å². The van der Waals surface area contributed by atoms with Gasteiger partial charge in [-0.2, -0.15) is 8.42 Å². The minimum Gasteiger partial charge on any atom is -0.431 e. The van der Waals surface area contributed by atoms with Crippen molar-refractivity contribution in [1.29, 1.82) is 0 Å². The lowest BCUT2D eigenvalue weighted by molar-refractivity contribution is -0.204. The fourth-order valence-electron chi connectivity index (χ4n) is 8.55. The van der Waals surface area contributed by atoms with Crippen molar-refractivity contribution in [2.75, 3.05) is 0 Å². The smallest absolute Gasteiger partial charge is 0.397 e. The summed E-state index contributed by atoms with van der Waals surface area (Å²) in [5.74, 6) is 1.10. The topological polar surface area (TPSA) is 114 Å². The van der Waals surface area contributed by atoms with E-state index in [0.717, 1.165) is 50.5 Å². The molecule has 4 aliphatic carbocycles. The van der Waals surface area contributed by atoms with Gasteiger partial charge < -0.3 is 9.52 Å². The predicted molar refractivity (Wildman–Crippen MR) is 117 cm³/mol. The van der Waals surface area contributed by atoms with Crippen LogP contribution in [0.1, 0.15) is 83.1 Å². The van der Waals surface area contributed by atoms with Crippen LogP contribution in [0.5, 0.6) is 0 Å². The molecule has 0 radical (unpaired) electrons. The quantitative estimate of drug-likeness (QED) is 0.646. The first-order valence-corrected chi connectivity index (χ1v) is 13.3. The molecule has 1 aromatic rings. The third-order valence-electron chi connectivity index (χ3n) is 10.2. The molecular weight excluding hydrogens is 432 g/mol. The number of hydrogen-bond acceptors (Lipinski definition) is 6. The average Bonchev–Trinajstić information content (AvgIpc) is 2.99. The molecule has 32 heavy (non-hydrogen) atoms. The van der Waals surface area contributed by atoms with Crippen LogP contribution < -0.4 is 5.63 Å². The molecule has 4 aliphatic rings. The van der Waals surface area contributed by atoms with Crippen LogP contribution in [-0.4, -0.2) is 29.8 Å². The lowest BCUT2D eigenvalue weighted by atomic mass is 9.43. The van der Waals surface area contributed by atoms with Crippen molar-refractivity contribution in [3.8, 4) is 0 Å². The van der Waals surface area contributed by atoms with E-state index in [1.54, 1.807) is 6.26 Å². The Balaban J connectivity index is 1.40. The normalized spacial score (nSPS) is 46.2. The molecule has 0 saturated heterocycles. The monoisotopic (exact) mass is 466 g/mol. The van der Waals surface area contributed by atoms with Crippen molar-refractivity contribution in [2.45, 2.75) is 89.3 Å². The van der Waals surface area contributed by atoms with Gasteiger partial charge in [-0.1, -0.05) is 13.8 Å². The number of rotatable bonds is 3. The Hall–Kier alpha value is -1.22. The molecule has 8 heteroatoms. The van der Waals surface area contributed by atoms with Gasteiger partial charge in [-0.3, -0.25) is 4.55 Å². The first-order valence-electron chi connectivity index (χ1n) is 11.9. The van der Waals surface area contributed by atoms with E-state index in [-0.39, 0.29) is 28.3 Å². The van der Waals surface area contributed by atoms with Crippen LogP contribution in [0.2, 0.25) is 0 Å². The Morgan fingerprint density at radius 1 is 1.03 bits per heavy atom. The van der Waals surface area contributed by atoms with Crippen LogP contribution in [0.25, 0.3) is 0 Å². The summed E-state index contributed by atoms with van der Waals surface area (Å²) in [6.45, 7) is 4.54. The van der Waals surface area contributed by atoms with E-state index in [4.69, 9.17) is 13.2 Å². The molecule has 0 aliphatic heterocycles. The standard InChI is InChI=1S/C24H34O7S/c1-22-10-7-17(31-32(27,28)29)13-16(22)4-5-20-19(22)8-11-23(2)18(9-12-24(20,23)26)15-3-6-21(25)30-14-15/h3,6,14,16-20,26H,4-5,7-13H2,1-2H3,(H,27,28,29)/t16-,17-,18-,19+,20-,22+,23-,24+/m1/s1. The summed E-state index contributed by atoms with van der Waals surface area (Å²) >= 11 is 0. The van der Waals surface area contributed by atoms with Gasteiger partial charge in [0.1, 0.15) is 0 Å². The summed E-state index contributed by atoms with van der Waals surface area (Å²) in [4.78, 5) is 11.4. The number of fused-ring (bicyclic) bond motifs is 5. The first kappa shape index (κ1) is 22.6. The maximum absolute atomic E-state index is 12.2. The Bertz CT molecular complexity index is 1030. The second-order valence-corrected chi connectivity index (χ2v) is 12.3. The molecule has 0 bridgehead atoms. The Morgan fingerprint density at radius 2 is 1.81 bits per heavy atom. The zero-order chi connectivity index (χ0) is 22.9. The second kappa shape index (κ2) is 7.39. The zero-order valence-corrected chi connectivity index (χ0v) is 19.6. The minimum atomic E-state index is -4.44. The van der Waals surface area contributed by atoms with E-state index < -0.39 is 22.1 Å². The van der Waals surface area contributed by atoms with Gasteiger partial charge in [0.05, 0.1) is 18.0 Å². The number of hydrogen-bond donors (Lipinski definition) is 2. The van der Waals surface area contributed by atoms with E-state index in [2.05, 4.69) is 13.8 Å². The van der Waals surface area contributed by atoms with Crippen molar-refractivity contribution >= 4 is 10.4 Å². The van der Waals surface area contributed by atoms with Gasteiger partial charge in [0.2, 0.25) is 0 Å². The molecule has 2 N–H and O–H groups in total. The maximum Gasteiger partial charge on any atom is 0.397 e. The van der Waals surface area contributed by atoms with E-state index in [1.807, 2.05) is 6.07 Å². The van der Waals surface area contributed by atoms with E-state index in [9.17, 15) is 18.3 Å². The highest BCUT2D eigenvalue weighted by molar-refractivity contribution is 7.80. The fraction of sp³-hybridized carbons (Fsp3) is 0.792. The summed E-state index contributed by atoms with van der Waals surface area (Å²) in [5, 5.41) is 12.2. The lowest BCUT2D eigenvalue weighted by Gasteiger charge is -2.63. The molecule has 5 rings (SSSR count). The SMILES string of the molecule is C[C@]12CC[C@@H](OS(=O)(=O)O)C[C@H]1CC[C@@H]1[C@@H]2CC[C@]2(C)[C@@H](c3ccc(=O)oc3)CC[C@]12O. The van der Waals surface area contributed by atoms with Crippen LogP contribution in [0.4, 0.5) is 0 Å². The molecule has 0 amide bonds. The lowest BCUT2D eigenvalue weighted by Crippen LogP contribution is -2.62. The van der Waals surface area contributed by atoms with Gasteiger partial charge in [-0.15, -0.1) is 0 Å². The summed E-state index contributed by atoms with van der Waals surface area (Å²) in [6, 6.07) is 3.33. The molecular formula is C24H34O7S. The average molecular weight is 467 g/mol. The van der Waals surface area contributed by atoms with Gasteiger partial charge in [-0.25, -0.2) is 8.98 Å². The van der Waals surface area contributed by atoms with Crippen molar-refractivity contribution < 1.29 is 26.7 Å². The van der Waals surface area contributed by atoms with Crippen molar-refractivity contribution in [3.63, 3.8) is 0 Å². The maximum atomic E-state index is 12.2. The Morgan fingerprint density at radius 3 is 2.50 bits per heavy atom. The van der Waals surface area contributed by atoms with Crippen LogP contribution in [0.3, 0.4) is 0 Å². The van der Waals surface area contributed by atoms with Crippen molar-refractivity contribution in [1.82, 2.24) is 0 Å². The molecule has 1 heterocycles. The second-order valence-electron chi connectivity index (χ2n) is 11.3. The highest BCUT2D eigenvalue weighted by atomic mass is 32.3. The van der Waals surface area contributed by atoms with Crippen LogP contribution >= 0.6 is 0 Å². The van der Waals surface area contributed by atoms with Gasteiger partial charge >= 0.3 is 16.0 Å². The molecule has 0 unspecified atom stereocenters. The van der Waals surface area contributed by atoms with Crippen LogP contribution in [0, 0.1) is 28.6 Å². The molecule has 4 saturated carbocycles. The van der Waals surface area contributed by atoms with E-state index >= 15 is 0 Å². The first-order chi connectivity index (χ1) is 15.0. The molecule has 178 valence electrons. The summed E-state index contributed by atoms with van der Waals surface area (Å²) < 4.78 is 41.6. The summed E-state index contributed by atoms with van der Waals surface area (Å²) in [6.07, 6.45) is 8.66. The summed E-state index contributed by atoms with van der Waals surface area (Å²) in [7, 11) is -4.44. The van der Waals surface area contributed by atoms with E-state index in [1.165, 1.54) is 6.07 Å². The highest BCUT2D eigenvalue weighted by Crippen LogP contribution is 2.70. The van der Waals surface area contributed by atoms with Gasteiger partial charge in [0.15, 0.2) is 0 Å². The summed E-state index contributed by atoms with van der Waals surface area (Å²) in [5.41, 5.74) is -0.328. The molecule has 8 atom stereocenters. The van der Waals surface area contributed by atoms with Crippen molar-refractivity contribution in [3.05, 3.63) is 34.4 Å². The zero-order valence-electron chi connectivity index (χ0n) is 18.8. The Kier molecular flexibility index (Phi) is 5.21. The predicted octanol–water partition coefficient (Wildman–Crippen LogP) is 4.07. The molecule has 0 spiro atoms.